The van der Waals surface area contributed by atoms with E-state index in [0.29, 0.717) is 18.6 Å². The molecule has 0 amide bonds. The highest BCUT2D eigenvalue weighted by atomic mass is 28.3. The number of phenols is 1. The van der Waals surface area contributed by atoms with Gasteiger partial charge in [-0.3, -0.25) is 0 Å². The summed E-state index contributed by atoms with van der Waals surface area (Å²) in [6.07, 6.45) is 3.71. The number of aryl methyl sites for hydroxylation is 1. The molecule has 1 aliphatic heterocycles. The van der Waals surface area contributed by atoms with E-state index in [1.807, 2.05) is 19.1 Å². The van der Waals surface area contributed by atoms with E-state index in [0.717, 1.165) is 17.9 Å². The SMILES string of the molecule is Cc1cc(O)c(C(=O)OCC[Si](C)(C)C)c(/C=C/C[C@@H]2OC(C)(C)OC2C=O)c1. The third-order valence-electron chi connectivity index (χ3n) is 4.60. The molecular weight excluding hydrogens is 388 g/mol. The first-order valence-electron chi connectivity index (χ1n) is 9.90. The molecule has 0 aromatic heterocycles. The number of phenolic OH excluding ortho intramolecular Hbond substituents is 1. The third-order valence-corrected chi connectivity index (χ3v) is 6.31. The Labute approximate surface area is 173 Å². The zero-order chi connectivity index (χ0) is 21.8. The Morgan fingerprint density at radius 2 is 1.97 bits per heavy atom. The number of carbonyl (C=O) groups excluding carboxylic acids is 2. The lowest BCUT2D eigenvalue weighted by atomic mass is 10.0. The second-order valence-corrected chi connectivity index (χ2v) is 14.7. The average molecular weight is 421 g/mol. The molecule has 29 heavy (non-hydrogen) atoms. The Kier molecular flexibility index (Phi) is 7.43. The summed E-state index contributed by atoms with van der Waals surface area (Å²) in [5.74, 6) is -1.44. The van der Waals surface area contributed by atoms with E-state index in [1.165, 1.54) is 0 Å². The van der Waals surface area contributed by atoms with Crippen molar-refractivity contribution < 1.29 is 28.9 Å². The molecule has 0 aliphatic carbocycles. The minimum Gasteiger partial charge on any atom is -0.507 e. The Balaban J connectivity index is 2.14. The van der Waals surface area contributed by atoms with Crippen molar-refractivity contribution in [2.45, 2.75) is 70.9 Å². The van der Waals surface area contributed by atoms with E-state index in [2.05, 4.69) is 19.6 Å². The molecule has 160 valence electrons. The standard InChI is InChI=1S/C22H32O6Si/c1-15-12-16(8-7-9-18-19(14-23)28-22(2,3)27-18)20(17(24)13-15)21(25)26-10-11-29(4,5)6/h7-8,12-14,18-19,24H,9-11H2,1-6H3/b8-7+/t18-,19?/m0/s1. The van der Waals surface area contributed by atoms with Gasteiger partial charge in [0.1, 0.15) is 17.4 Å². The smallest absolute Gasteiger partial charge is 0.342 e. The summed E-state index contributed by atoms with van der Waals surface area (Å²) in [4.78, 5) is 23.8. The molecule has 6 nitrogen and oxygen atoms in total. The number of aromatic hydroxyl groups is 1. The van der Waals surface area contributed by atoms with Crippen LogP contribution < -0.4 is 0 Å². The molecule has 0 radical (unpaired) electrons. The normalized spacial score (nSPS) is 21.4. The minimum atomic E-state index is -1.33. The summed E-state index contributed by atoms with van der Waals surface area (Å²) in [6, 6.07) is 4.22. The maximum absolute atomic E-state index is 12.6. The number of aldehydes is 1. The van der Waals surface area contributed by atoms with Gasteiger partial charge in [-0.05, 0) is 50.4 Å². The maximum atomic E-state index is 12.6. The molecule has 1 fully saturated rings. The molecule has 1 aromatic rings. The van der Waals surface area contributed by atoms with Gasteiger partial charge in [-0.15, -0.1) is 0 Å². The topological polar surface area (TPSA) is 82.1 Å². The van der Waals surface area contributed by atoms with Crippen LogP contribution in [0.25, 0.3) is 6.08 Å². The molecule has 1 aliphatic rings. The van der Waals surface area contributed by atoms with Crippen LogP contribution in [0.4, 0.5) is 0 Å². The van der Waals surface area contributed by atoms with Gasteiger partial charge in [-0.2, -0.15) is 0 Å². The Hall–Kier alpha value is -1.96. The van der Waals surface area contributed by atoms with Crippen molar-refractivity contribution in [2.24, 2.45) is 0 Å². The van der Waals surface area contributed by atoms with Gasteiger partial charge in [0.05, 0.1) is 12.7 Å². The highest BCUT2D eigenvalue weighted by Crippen LogP contribution is 2.30. The molecule has 1 aromatic carbocycles. The highest BCUT2D eigenvalue weighted by Gasteiger charge is 2.40. The summed E-state index contributed by atoms with van der Waals surface area (Å²) in [5.41, 5.74) is 1.55. The molecule has 2 rings (SSSR count). The van der Waals surface area contributed by atoms with Gasteiger partial charge in [0.2, 0.25) is 0 Å². The summed E-state index contributed by atoms with van der Waals surface area (Å²) in [7, 11) is -1.33. The van der Waals surface area contributed by atoms with Crippen LogP contribution in [0.1, 0.15) is 41.8 Å². The molecule has 0 bridgehead atoms. The van der Waals surface area contributed by atoms with Gasteiger partial charge in [0, 0.05) is 8.07 Å². The minimum absolute atomic E-state index is 0.102. The summed E-state index contributed by atoms with van der Waals surface area (Å²) in [6.45, 7) is 12.3. The maximum Gasteiger partial charge on any atom is 0.342 e. The van der Waals surface area contributed by atoms with Gasteiger partial charge in [-0.1, -0.05) is 37.9 Å². The number of carbonyl (C=O) groups is 2. The summed E-state index contributed by atoms with van der Waals surface area (Å²) in [5, 5.41) is 10.3. The van der Waals surface area contributed by atoms with E-state index in [4.69, 9.17) is 14.2 Å². The van der Waals surface area contributed by atoms with Crippen LogP contribution in [0.2, 0.25) is 25.7 Å². The lowest BCUT2D eigenvalue weighted by Crippen LogP contribution is -2.23. The highest BCUT2D eigenvalue weighted by molar-refractivity contribution is 6.76. The third kappa shape index (κ3) is 6.80. The van der Waals surface area contributed by atoms with Crippen LogP contribution in [-0.2, 0) is 19.0 Å². The predicted octanol–water partition coefficient (Wildman–Crippen LogP) is 4.32. The van der Waals surface area contributed by atoms with Gasteiger partial charge in [0.25, 0.3) is 0 Å². The summed E-state index contributed by atoms with van der Waals surface area (Å²) < 4.78 is 16.7. The molecular formula is C22H32O6Si. The van der Waals surface area contributed by atoms with Gasteiger partial charge in [-0.25, -0.2) is 4.79 Å². The number of rotatable bonds is 8. The van der Waals surface area contributed by atoms with Crippen LogP contribution in [0, 0.1) is 6.92 Å². The molecule has 1 heterocycles. The van der Waals surface area contributed by atoms with Crippen molar-refractivity contribution in [3.8, 4) is 5.75 Å². The first kappa shape index (κ1) is 23.3. The Morgan fingerprint density at radius 1 is 1.28 bits per heavy atom. The van der Waals surface area contributed by atoms with E-state index in [-0.39, 0.29) is 11.3 Å². The first-order chi connectivity index (χ1) is 13.4. The Bertz CT molecular complexity index is 778. The van der Waals surface area contributed by atoms with Crippen LogP contribution >= 0.6 is 0 Å². The zero-order valence-corrected chi connectivity index (χ0v) is 19.2. The first-order valence-corrected chi connectivity index (χ1v) is 13.6. The second kappa shape index (κ2) is 9.24. The number of ether oxygens (including phenoxy) is 3. The van der Waals surface area contributed by atoms with Crippen molar-refractivity contribution in [3.05, 3.63) is 34.9 Å². The van der Waals surface area contributed by atoms with Crippen molar-refractivity contribution in [2.75, 3.05) is 6.61 Å². The summed E-state index contributed by atoms with van der Waals surface area (Å²) >= 11 is 0. The molecule has 1 unspecified atom stereocenters. The largest absolute Gasteiger partial charge is 0.507 e. The van der Waals surface area contributed by atoms with Crippen LogP contribution in [0.15, 0.2) is 18.2 Å². The molecule has 1 N–H and O–H groups in total. The monoisotopic (exact) mass is 420 g/mol. The Morgan fingerprint density at radius 3 is 2.59 bits per heavy atom. The lowest BCUT2D eigenvalue weighted by Gasteiger charge is -2.16. The fourth-order valence-electron chi connectivity index (χ4n) is 3.16. The number of hydrogen-bond acceptors (Lipinski definition) is 6. The van der Waals surface area contributed by atoms with Crippen LogP contribution in [0.3, 0.4) is 0 Å². The van der Waals surface area contributed by atoms with Crippen molar-refractivity contribution in [1.82, 2.24) is 0 Å². The molecule has 0 saturated carbocycles. The van der Waals surface area contributed by atoms with E-state index in [1.54, 1.807) is 26.0 Å². The lowest BCUT2D eigenvalue weighted by molar-refractivity contribution is -0.149. The predicted molar refractivity (Wildman–Crippen MR) is 115 cm³/mol. The molecule has 2 atom stereocenters. The fourth-order valence-corrected chi connectivity index (χ4v) is 3.87. The fraction of sp³-hybridized carbons (Fsp3) is 0.545. The average Bonchev–Trinajstić information content (AvgIpc) is 2.87. The van der Waals surface area contributed by atoms with Crippen molar-refractivity contribution in [3.63, 3.8) is 0 Å². The molecule has 0 spiro atoms. The quantitative estimate of drug-likeness (QED) is 0.383. The van der Waals surface area contributed by atoms with Crippen LogP contribution in [-0.4, -0.2) is 50.0 Å². The van der Waals surface area contributed by atoms with Crippen molar-refractivity contribution >= 4 is 26.4 Å². The second-order valence-electron chi connectivity index (χ2n) is 9.11. The number of hydrogen-bond donors (Lipinski definition) is 1. The van der Waals surface area contributed by atoms with Crippen molar-refractivity contribution in [1.29, 1.82) is 0 Å². The molecule has 1 saturated heterocycles. The number of esters is 1. The van der Waals surface area contributed by atoms with E-state index in [9.17, 15) is 14.7 Å². The van der Waals surface area contributed by atoms with Gasteiger partial charge < -0.3 is 24.1 Å². The zero-order valence-electron chi connectivity index (χ0n) is 18.2. The van der Waals surface area contributed by atoms with E-state index >= 15 is 0 Å². The van der Waals surface area contributed by atoms with Gasteiger partial charge in [0.15, 0.2) is 12.1 Å². The number of benzene rings is 1. The molecule has 7 heteroatoms. The van der Waals surface area contributed by atoms with Gasteiger partial charge >= 0.3 is 5.97 Å². The van der Waals surface area contributed by atoms with E-state index < -0.39 is 32.0 Å². The van der Waals surface area contributed by atoms with Crippen LogP contribution in [0.5, 0.6) is 5.75 Å².